The van der Waals surface area contributed by atoms with Gasteiger partial charge in [0.1, 0.15) is 5.75 Å². The topological polar surface area (TPSA) is 70.1 Å². The van der Waals surface area contributed by atoms with Crippen molar-refractivity contribution in [1.82, 2.24) is 14.7 Å². The van der Waals surface area contributed by atoms with E-state index >= 15 is 0 Å². The molecule has 3 saturated heterocycles. The van der Waals surface area contributed by atoms with Gasteiger partial charge < -0.3 is 28.9 Å². The van der Waals surface area contributed by atoms with Gasteiger partial charge in [0.05, 0.1) is 28.0 Å². The Morgan fingerprint density at radius 1 is 0.870 bits per heavy atom. The van der Waals surface area contributed by atoms with Gasteiger partial charge in [-0.05, 0) is 88.3 Å². The van der Waals surface area contributed by atoms with Crippen LogP contribution in [0.5, 0.6) is 5.75 Å². The van der Waals surface area contributed by atoms with Crippen LogP contribution in [-0.4, -0.2) is 105 Å². The summed E-state index contributed by atoms with van der Waals surface area (Å²) in [5.41, 5.74) is 3.06. The van der Waals surface area contributed by atoms with Gasteiger partial charge in [0.25, 0.3) is 0 Å². The molecule has 0 N–H and O–H groups in total. The standard InChI is InChI=1S/C35H47Cl2N5O4/c36-30-7-6-8-32(34(30)37)41-22-20-39(21-23-41)15-4-5-24-44-29-11-9-27-10-12-33(38-31(27)25-29)45-26-46-35(43)42-18-13-28(14-19-42)40-16-2-1-3-17-40/h6-9,11,25,28H,1-5,10,12-24,26H2. The van der Waals surface area contributed by atoms with Gasteiger partial charge in [-0.15, -0.1) is 0 Å². The van der Waals surface area contributed by atoms with Crippen LogP contribution in [0.3, 0.4) is 0 Å². The maximum Gasteiger partial charge on any atom is 0.412 e. The Hall–Kier alpha value is -2.72. The van der Waals surface area contributed by atoms with Crippen LogP contribution in [0.2, 0.25) is 10.0 Å². The Bertz CT molecular complexity index is 1340. The van der Waals surface area contributed by atoms with Gasteiger partial charge in [-0.3, -0.25) is 4.90 Å². The summed E-state index contributed by atoms with van der Waals surface area (Å²) in [4.78, 5) is 26.6. The first kappa shape index (κ1) is 33.2. The van der Waals surface area contributed by atoms with Crippen molar-refractivity contribution in [3.05, 3.63) is 52.0 Å². The summed E-state index contributed by atoms with van der Waals surface area (Å²) in [6, 6.07) is 12.5. The number of hydrogen-bond acceptors (Lipinski definition) is 8. The Kier molecular flexibility index (Phi) is 11.8. The molecule has 1 amide bonds. The molecule has 0 atom stereocenters. The van der Waals surface area contributed by atoms with Crippen LogP contribution in [0.15, 0.2) is 41.4 Å². The molecule has 4 aliphatic heterocycles. The zero-order valence-corrected chi connectivity index (χ0v) is 28.3. The molecule has 4 aliphatic rings. The number of nitrogens with zero attached hydrogens (tertiary/aromatic N) is 5. The second-order valence-electron chi connectivity index (χ2n) is 12.7. The fourth-order valence-electron chi connectivity index (χ4n) is 7.00. The SMILES string of the molecule is O=C(OCOC1=Nc2cc(OCCCCN3CCN(c4cccc(Cl)c4Cl)CC3)ccc2CC1)N1CCC(N2CCCCC2)CC1. The van der Waals surface area contributed by atoms with E-state index in [4.69, 9.17) is 42.4 Å². The van der Waals surface area contributed by atoms with E-state index in [0.29, 0.717) is 35.0 Å². The highest BCUT2D eigenvalue weighted by Crippen LogP contribution is 2.33. The molecule has 11 heteroatoms. The van der Waals surface area contributed by atoms with Crippen LogP contribution in [0.1, 0.15) is 56.9 Å². The van der Waals surface area contributed by atoms with Crippen molar-refractivity contribution in [2.75, 3.05) is 77.2 Å². The monoisotopic (exact) mass is 671 g/mol. The smallest absolute Gasteiger partial charge is 0.412 e. The number of piperidine rings is 2. The number of hydrogen-bond donors (Lipinski definition) is 0. The quantitative estimate of drug-likeness (QED) is 0.199. The fraction of sp³-hybridized carbons (Fsp3) is 0.600. The Labute approximate surface area is 283 Å². The number of carbonyl (C=O) groups is 1. The first-order valence-electron chi connectivity index (χ1n) is 17.1. The highest BCUT2D eigenvalue weighted by molar-refractivity contribution is 6.43. The number of unbranched alkanes of at least 4 members (excludes halogenated alkanes) is 1. The van der Waals surface area contributed by atoms with Crippen molar-refractivity contribution in [1.29, 1.82) is 0 Å². The minimum absolute atomic E-state index is 0.112. The van der Waals surface area contributed by atoms with Crippen LogP contribution in [-0.2, 0) is 15.9 Å². The van der Waals surface area contributed by atoms with E-state index in [1.165, 1.54) is 37.9 Å². The average Bonchev–Trinajstić information content (AvgIpc) is 3.10. The van der Waals surface area contributed by atoms with Gasteiger partial charge >= 0.3 is 6.09 Å². The molecule has 9 nitrogen and oxygen atoms in total. The molecule has 3 fully saturated rings. The van der Waals surface area contributed by atoms with E-state index in [1.54, 1.807) is 0 Å². The van der Waals surface area contributed by atoms with Crippen LogP contribution in [0.4, 0.5) is 16.2 Å². The summed E-state index contributed by atoms with van der Waals surface area (Å²) in [5.74, 6) is 1.41. The molecule has 0 bridgehead atoms. The minimum Gasteiger partial charge on any atom is -0.494 e. The maximum absolute atomic E-state index is 12.6. The third-order valence-corrected chi connectivity index (χ3v) is 10.5. The van der Waals surface area contributed by atoms with Gasteiger partial charge in [-0.25, -0.2) is 9.79 Å². The van der Waals surface area contributed by atoms with Crippen molar-refractivity contribution in [2.24, 2.45) is 4.99 Å². The van der Waals surface area contributed by atoms with Gasteiger partial charge in [0.15, 0.2) is 5.90 Å². The molecule has 6 rings (SSSR count). The summed E-state index contributed by atoms with van der Waals surface area (Å²) in [5, 5.41) is 1.24. The van der Waals surface area contributed by atoms with Gasteiger partial charge in [0, 0.05) is 57.8 Å². The van der Waals surface area contributed by atoms with Crippen molar-refractivity contribution in [2.45, 2.75) is 63.8 Å². The van der Waals surface area contributed by atoms with Crippen molar-refractivity contribution >= 4 is 46.6 Å². The molecule has 0 unspecified atom stereocenters. The van der Waals surface area contributed by atoms with Crippen LogP contribution < -0.4 is 9.64 Å². The highest BCUT2D eigenvalue weighted by atomic mass is 35.5. The molecule has 0 aliphatic carbocycles. The molecule has 0 saturated carbocycles. The number of ether oxygens (including phenoxy) is 3. The zero-order chi connectivity index (χ0) is 31.7. The Morgan fingerprint density at radius 3 is 2.48 bits per heavy atom. The first-order valence-corrected chi connectivity index (χ1v) is 17.8. The number of carbonyl (C=O) groups excluding carboxylic acids is 1. The number of amides is 1. The number of benzene rings is 2. The summed E-state index contributed by atoms with van der Waals surface area (Å²) < 4.78 is 17.3. The lowest BCUT2D eigenvalue weighted by Gasteiger charge is -2.39. The van der Waals surface area contributed by atoms with E-state index in [0.717, 1.165) is 95.0 Å². The van der Waals surface area contributed by atoms with Gasteiger partial charge in [-0.1, -0.05) is 41.8 Å². The number of aliphatic imine (C=N–C) groups is 1. The Morgan fingerprint density at radius 2 is 1.67 bits per heavy atom. The second kappa shape index (κ2) is 16.4. The zero-order valence-electron chi connectivity index (χ0n) is 26.8. The lowest BCUT2D eigenvalue weighted by atomic mass is 10.0. The van der Waals surface area contributed by atoms with Crippen LogP contribution in [0, 0.1) is 0 Å². The first-order chi connectivity index (χ1) is 22.5. The predicted octanol–water partition coefficient (Wildman–Crippen LogP) is 7.01. The molecule has 2 aromatic carbocycles. The van der Waals surface area contributed by atoms with Crippen molar-refractivity contribution in [3.63, 3.8) is 0 Å². The third kappa shape index (κ3) is 8.79. The van der Waals surface area contributed by atoms with E-state index in [2.05, 4.69) is 20.8 Å². The molecular formula is C35H47Cl2N5O4. The van der Waals surface area contributed by atoms with Gasteiger partial charge in [0.2, 0.25) is 6.79 Å². The molecule has 46 heavy (non-hydrogen) atoms. The van der Waals surface area contributed by atoms with E-state index < -0.39 is 0 Å². The average molecular weight is 673 g/mol. The number of anilines is 1. The molecule has 2 aromatic rings. The number of piperazine rings is 1. The number of halogens is 2. The number of fused-ring (bicyclic) bond motifs is 1. The van der Waals surface area contributed by atoms with Crippen molar-refractivity contribution in [3.8, 4) is 5.75 Å². The number of likely N-dealkylation sites (tertiary alicyclic amines) is 2. The molecule has 4 heterocycles. The van der Waals surface area contributed by atoms with Gasteiger partial charge in [-0.2, -0.15) is 0 Å². The van der Waals surface area contributed by atoms with E-state index in [1.807, 2.05) is 35.2 Å². The second-order valence-corrected chi connectivity index (χ2v) is 13.5. The molecule has 0 radical (unpaired) electrons. The highest BCUT2D eigenvalue weighted by Gasteiger charge is 2.28. The third-order valence-electron chi connectivity index (χ3n) is 9.73. The maximum atomic E-state index is 12.6. The number of aryl methyl sites for hydroxylation is 1. The minimum atomic E-state index is -0.297. The summed E-state index contributed by atoms with van der Waals surface area (Å²) in [7, 11) is 0. The molecule has 0 aromatic heterocycles. The fourth-order valence-corrected chi connectivity index (χ4v) is 7.41. The normalized spacial score (nSPS) is 19.8. The number of rotatable bonds is 10. The summed E-state index contributed by atoms with van der Waals surface area (Å²) in [6.45, 7) is 9.39. The summed E-state index contributed by atoms with van der Waals surface area (Å²) in [6.07, 6.45) is 9.26. The molecular weight excluding hydrogens is 625 g/mol. The Balaban J connectivity index is 0.866. The summed E-state index contributed by atoms with van der Waals surface area (Å²) >= 11 is 12.6. The predicted molar refractivity (Wildman–Crippen MR) is 184 cm³/mol. The van der Waals surface area contributed by atoms with E-state index in [-0.39, 0.29) is 12.9 Å². The lowest BCUT2D eigenvalue weighted by molar-refractivity contribution is 0.0168. The molecule has 0 spiro atoms. The van der Waals surface area contributed by atoms with Crippen LogP contribution >= 0.6 is 23.2 Å². The lowest BCUT2D eigenvalue weighted by Crippen LogP contribution is -2.48. The largest absolute Gasteiger partial charge is 0.494 e. The van der Waals surface area contributed by atoms with Crippen LogP contribution in [0.25, 0.3) is 0 Å². The van der Waals surface area contributed by atoms with Crippen molar-refractivity contribution < 1.29 is 19.0 Å². The molecule has 250 valence electrons. The van der Waals surface area contributed by atoms with E-state index in [9.17, 15) is 4.79 Å².